The van der Waals surface area contributed by atoms with E-state index in [0.717, 1.165) is 32.1 Å². The van der Waals surface area contributed by atoms with Gasteiger partial charge in [0.2, 0.25) is 11.8 Å². The van der Waals surface area contributed by atoms with Gasteiger partial charge in [-0.3, -0.25) is 14.4 Å². The average molecular weight is 418 g/mol. The van der Waals surface area contributed by atoms with Gasteiger partial charge in [-0.25, -0.2) is 4.39 Å². The lowest BCUT2D eigenvalue weighted by atomic mass is 9.87. The molecule has 3 rings (SSSR count). The topological polar surface area (TPSA) is 78.5 Å². The monoisotopic (exact) mass is 417 g/mol. The molecule has 1 saturated carbocycles. The molecule has 0 spiro atoms. The molecule has 1 aliphatic heterocycles. The summed E-state index contributed by atoms with van der Waals surface area (Å²) in [7, 11) is 0. The van der Waals surface area contributed by atoms with E-state index in [4.69, 9.17) is 0 Å². The summed E-state index contributed by atoms with van der Waals surface area (Å²) in [5, 5.41) is 5.73. The summed E-state index contributed by atoms with van der Waals surface area (Å²) >= 11 is 0. The van der Waals surface area contributed by atoms with Gasteiger partial charge in [-0.05, 0) is 62.3 Å². The van der Waals surface area contributed by atoms with Crippen LogP contribution < -0.4 is 10.6 Å². The van der Waals surface area contributed by atoms with E-state index in [1.807, 2.05) is 11.8 Å². The maximum Gasteiger partial charge on any atom is 0.251 e. The van der Waals surface area contributed by atoms with E-state index >= 15 is 0 Å². The predicted octanol–water partition coefficient (Wildman–Crippen LogP) is 2.88. The van der Waals surface area contributed by atoms with Crippen LogP contribution in [-0.4, -0.2) is 48.3 Å². The quantitative estimate of drug-likeness (QED) is 0.716. The van der Waals surface area contributed by atoms with Gasteiger partial charge in [0, 0.05) is 31.1 Å². The summed E-state index contributed by atoms with van der Waals surface area (Å²) in [5.41, 5.74) is 0.318. The van der Waals surface area contributed by atoms with Crippen molar-refractivity contribution in [2.75, 3.05) is 19.6 Å². The van der Waals surface area contributed by atoms with Gasteiger partial charge >= 0.3 is 0 Å². The third-order valence-electron chi connectivity index (χ3n) is 6.25. The number of rotatable bonds is 7. The third-order valence-corrected chi connectivity index (χ3v) is 6.25. The number of amides is 3. The van der Waals surface area contributed by atoms with E-state index in [0.29, 0.717) is 38.0 Å². The van der Waals surface area contributed by atoms with E-state index in [2.05, 4.69) is 10.6 Å². The molecule has 1 saturated heterocycles. The Labute approximate surface area is 177 Å². The van der Waals surface area contributed by atoms with Crippen molar-refractivity contribution < 1.29 is 18.8 Å². The smallest absolute Gasteiger partial charge is 0.251 e. The fourth-order valence-electron chi connectivity index (χ4n) is 4.47. The second-order valence-electron chi connectivity index (χ2n) is 8.39. The van der Waals surface area contributed by atoms with E-state index in [-0.39, 0.29) is 23.7 Å². The zero-order valence-electron chi connectivity index (χ0n) is 17.7. The first kappa shape index (κ1) is 22.2. The lowest BCUT2D eigenvalue weighted by molar-refractivity contribution is -0.137. The number of benzene rings is 1. The molecule has 6 nitrogen and oxygen atoms in total. The molecule has 0 radical (unpaired) electrons. The molecule has 30 heavy (non-hydrogen) atoms. The van der Waals surface area contributed by atoms with E-state index in [1.165, 1.54) is 24.3 Å². The van der Waals surface area contributed by atoms with Crippen LogP contribution in [0.4, 0.5) is 4.39 Å². The summed E-state index contributed by atoms with van der Waals surface area (Å²) in [6, 6.07) is 4.61. The Morgan fingerprint density at radius 3 is 2.30 bits per heavy atom. The van der Waals surface area contributed by atoms with Crippen molar-refractivity contribution in [2.24, 2.45) is 11.8 Å². The van der Waals surface area contributed by atoms with Gasteiger partial charge in [0.15, 0.2) is 0 Å². The Morgan fingerprint density at radius 2 is 1.70 bits per heavy atom. The van der Waals surface area contributed by atoms with E-state index in [1.54, 1.807) is 0 Å². The fourth-order valence-corrected chi connectivity index (χ4v) is 4.47. The highest BCUT2D eigenvalue weighted by Gasteiger charge is 2.35. The zero-order valence-corrected chi connectivity index (χ0v) is 17.7. The number of carbonyl (C=O) groups excluding carboxylic acids is 3. The molecule has 1 atom stereocenters. The molecule has 2 fully saturated rings. The third kappa shape index (κ3) is 5.58. The number of hydrogen-bond acceptors (Lipinski definition) is 3. The zero-order chi connectivity index (χ0) is 21.5. The average Bonchev–Trinajstić information content (AvgIpc) is 3.31. The number of halogens is 1. The van der Waals surface area contributed by atoms with Gasteiger partial charge in [-0.15, -0.1) is 0 Å². The molecule has 2 aliphatic rings. The van der Waals surface area contributed by atoms with Crippen LogP contribution in [-0.2, 0) is 9.59 Å². The number of carbonyl (C=O) groups is 3. The number of hydrogen-bond donors (Lipinski definition) is 2. The predicted molar refractivity (Wildman–Crippen MR) is 112 cm³/mol. The van der Waals surface area contributed by atoms with Gasteiger partial charge in [-0.1, -0.05) is 19.8 Å². The lowest BCUT2D eigenvalue weighted by Gasteiger charge is -2.36. The van der Waals surface area contributed by atoms with Crippen LogP contribution in [0.25, 0.3) is 0 Å². The highest BCUT2D eigenvalue weighted by molar-refractivity contribution is 5.97. The molecule has 1 heterocycles. The van der Waals surface area contributed by atoms with E-state index in [9.17, 15) is 18.8 Å². The van der Waals surface area contributed by atoms with Crippen molar-refractivity contribution in [3.05, 3.63) is 35.6 Å². The summed E-state index contributed by atoms with van der Waals surface area (Å²) in [4.78, 5) is 40.1. The molecule has 1 aromatic rings. The molecule has 2 N–H and O–H groups in total. The molecule has 0 bridgehead atoms. The molecule has 164 valence electrons. The summed E-state index contributed by atoms with van der Waals surface area (Å²) in [5.74, 6) is -0.650. The summed E-state index contributed by atoms with van der Waals surface area (Å²) in [6.07, 6.45) is 6.37. The Hall–Kier alpha value is -2.44. The minimum atomic E-state index is -0.669. The largest absolute Gasteiger partial charge is 0.354 e. The van der Waals surface area contributed by atoms with Crippen LogP contribution in [0.2, 0.25) is 0 Å². The van der Waals surface area contributed by atoms with Gasteiger partial charge in [-0.2, -0.15) is 0 Å². The van der Waals surface area contributed by atoms with Crippen LogP contribution in [0.1, 0.15) is 62.2 Å². The Balaban J connectivity index is 1.63. The molecule has 3 amide bonds. The van der Waals surface area contributed by atoms with Crippen LogP contribution in [0.5, 0.6) is 0 Å². The highest BCUT2D eigenvalue weighted by Crippen LogP contribution is 2.29. The number of nitrogens with zero attached hydrogens (tertiary/aromatic N) is 1. The van der Waals surface area contributed by atoms with Gasteiger partial charge in [0.1, 0.15) is 11.9 Å². The second kappa shape index (κ2) is 10.5. The molecule has 1 unspecified atom stereocenters. The molecule has 0 aromatic heterocycles. The number of nitrogens with one attached hydrogen (secondary N) is 2. The van der Waals surface area contributed by atoms with Gasteiger partial charge in [0.25, 0.3) is 5.91 Å². The lowest BCUT2D eigenvalue weighted by Crippen LogP contribution is -2.54. The first-order valence-electron chi connectivity index (χ1n) is 11.1. The van der Waals surface area contributed by atoms with Crippen LogP contribution in [0.3, 0.4) is 0 Å². The van der Waals surface area contributed by atoms with E-state index < -0.39 is 17.8 Å². The summed E-state index contributed by atoms with van der Waals surface area (Å²) < 4.78 is 13.2. The Kier molecular flexibility index (Phi) is 7.82. The first-order valence-corrected chi connectivity index (χ1v) is 11.1. The van der Waals surface area contributed by atoms with Crippen molar-refractivity contribution in [2.45, 2.75) is 57.9 Å². The Morgan fingerprint density at radius 1 is 1.07 bits per heavy atom. The SMILES string of the molecule is CCCNC(=O)C(NC(=O)c1ccc(F)cc1)C1CCN(C(=O)C2CCCC2)CC1. The fraction of sp³-hybridized carbons (Fsp3) is 0.609. The number of likely N-dealkylation sites (tertiary alicyclic amines) is 1. The van der Waals surface area contributed by atoms with Crippen LogP contribution in [0, 0.1) is 17.7 Å². The normalized spacial score (nSPS) is 18.8. The van der Waals surface area contributed by atoms with Crippen molar-refractivity contribution in [3.8, 4) is 0 Å². The maximum absolute atomic E-state index is 13.2. The van der Waals surface area contributed by atoms with Gasteiger partial charge < -0.3 is 15.5 Å². The molecular formula is C23H32FN3O3. The van der Waals surface area contributed by atoms with Crippen molar-refractivity contribution in [3.63, 3.8) is 0 Å². The maximum atomic E-state index is 13.2. The number of piperidine rings is 1. The minimum absolute atomic E-state index is 0.0427. The summed E-state index contributed by atoms with van der Waals surface area (Å²) in [6.45, 7) is 3.74. The molecule has 1 aliphatic carbocycles. The van der Waals surface area contributed by atoms with Crippen LogP contribution in [0.15, 0.2) is 24.3 Å². The van der Waals surface area contributed by atoms with Crippen molar-refractivity contribution in [1.82, 2.24) is 15.5 Å². The Bertz CT molecular complexity index is 739. The standard InChI is InChI=1S/C23H32FN3O3/c1-2-13-25-22(29)20(26-21(28)17-7-9-19(24)10-8-17)16-11-14-27(15-12-16)23(30)18-5-3-4-6-18/h7-10,16,18,20H,2-6,11-15H2,1H3,(H,25,29)(H,26,28). The first-order chi connectivity index (χ1) is 14.5. The minimum Gasteiger partial charge on any atom is -0.354 e. The molecule has 1 aromatic carbocycles. The second-order valence-corrected chi connectivity index (χ2v) is 8.39. The van der Waals surface area contributed by atoms with Gasteiger partial charge in [0.05, 0.1) is 0 Å². The van der Waals surface area contributed by atoms with Crippen molar-refractivity contribution in [1.29, 1.82) is 0 Å². The highest BCUT2D eigenvalue weighted by atomic mass is 19.1. The van der Waals surface area contributed by atoms with Crippen molar-refractivity contribution >= 4 is 17.7 Å². The molecule has 7 heteroatoms. The van der Waals surface area contributed by atoms with Crippen LogP contribution >= 0.6 is 0 Å². The molecular weight excluding hydrogens is 385 g/mol.